The predicted octanol–water partition coefficient (Wildman–Crippen LogP) is 5.47. The molecule has 1 saturated heterocycles. The molecule has 0 spiro atoms. The van der Waals surface area contributed by atoms with Gasteiger partial charge in [0, 0.05) is 45.0 Å². The molecule has 2 amide bonds. The molecular weight excluding hydrogens is 512 g/mol. The minimum absolute atomic E-state index is 0.0188. The van der Waals surface area contributed by atoms with E-state index in [2.05, 4.69) is 35.3 Å². The van der Waals surface area contributed by atoms with Gasteiger partial charge < -0.3 is 29.6 Å². The number of nitrogens with one attached hydrogen (secondary N) is 2. The van der Waals surface area contributed by atoms with Crippen LogP contribution in [0.5, 0.6) is 0 Å². The summed E-state index contributed by atoms with van der Waals surface area (Å²) in [6.07, 6.45) is 4.72. The van der Waals surface area contributed by atoms with E-state index in [0.717, 1.165) is 18.9 Å². The molecule has 1 aliphatic heterocycles. The zero-order valence-corrected chi connectivity index (χ0v) is 26.5. The zero-order valence-electron chi connectivity index (χ0n) is 25.5. The number of nitrogens with zero attached hydrogens (tertiary/aromatic N) is 4. The first-order valence-corrected chi connectivity index (χ1v) is 17.6. The number of ether oxygens (including phenoxy) is 2. The lowest BCUT2D eigenvalue weighted by molar-refractivity contribution is 0.0112. The average Bonchev–Trinajstić information content (AvgIpc) is 3.12. The number of fused-ring (bicyclic) bond motifs is 1. The third kappa shape index (κ3) is 9.20. The Labute approximate surface area is 234 Å². The van der Waals surface area contributed by atoms with Crippen LogP contribution in [0.4, 0.5) is 10.6 Å². The van der Waals surface area contributed by atoms with E-state index in [1.807, 2.05) is 53.0 Å². The molecule has 1 fully saturated rings. The molecule has 2 N–H and O–H groups in total. The predicted molar refractivity (Wildman–Crippen MR) is 158 cm³/mol. The van der Waals surface area contributed by atoms with Crippen molar-refractivity contribution >= 4 is 37.1 Å². The van der Waals surface area contributed by atoms with Crippen LogP contribution in [0.15, 0.2) is 12.4 Å². The molecule has 0 radical (unpaired) electrons. The van der Waals surface area contributed by atoms with E-state index < -0.39 is 13.7 Å². The summed E-state index contributed by atoms with van der Waals surface area (Å²) in [6.45, 7) is 22.0. The number of anilines is 1. The molecule has 11 heteroatoms. The first-order valence-electron chi connectivity index (χ1n) is 13.9. The van der Waals surface area contributed by atoms with Crippen molar-refractivity contribution in [3.8, 4) is 0 Å². The Bertz CT molecular complexity index is 1160. The molecule has 2 aromatic rings. The Morgan fingerprint density at radius 3 is 2.44 bits per heavy atom. The van der Waals surface area contributed by atoms with Crippen LogP contribution in [-0.4, -0.2) is 75.9 Å². The summed E-state index contributed by atoms with van der Waals surface area (Å²) in [6, 6.07) is 1.20. The fourth-order valence-electron chi connectivity index (χ4n) is 4.44. The van der Waals surface area contributed by atoms with E-state index in [9.17, 15) is 9.59 Å². The van der Waals surface area contributed by atoms with Crippen LogP contribution in [0.25, 0.3) is 11.2 Å². The first kappa shape index (κ1) is 30.9. The van der Waals surface area contributed by atoms with Crippen molar-refractivity contribution in [3.63, 3.8) is 0 Å². The Balaban J connectivity index is 1.77. The molecule has 3 heterocycles. The Hall–Kier alpha value is -2.66. The van der Waals surface area contributed by atoms with Gasteiger partial charge in [0.1, 0.15) is 23.7 Å². The molecule has 0 saturated carbocycles. The number of amides is 2. The number of carbonyl (C=O) groups excluding carboxylic acids is 2. The fourth-order valence-corrected chi connectivity index (χ4v) is 5.20. The monoisotopic (exact) mass is 560 g/mol. The van der Waals surface area contributed by atoms with Crippen LogP contribution in [-0.2, 0) is 16.2 Å². The highest BCUT2D eigenvalue weighted by molar-refractivity contribution is 6.76. The van der Waals surface area contributed by atoms with Gasteiger partial charge in [0.15, 0.2) is 5.65 Å². The maximum absolute atomic E-state index is 13.2. The molecule has 0 unspecified atom stereocenters. The molecule has 0 aliphatic carbocycles. The molecule has 3 rings (SSSR count). The molecule has 2 aromatic heterocycles. The molecule has 10 nitrogen and oxygen atoms in total. The Morgan fingerprint density at radius 1 is 1.15 bits per heavy atom. The summed E-state index contributed by atoms with van der Waals surface area (Å²) >= 11 is 0. The van der Waals surface area contributed by atoms with E-state index in [1.165, 1.54) is 0 Å². The van der Waals surface area contributed by atoms with Gasteiger partial charge >= 0.3 is 6.09 Å². The van der Waals surface area contributed by atoms with Crippen molar-refractivity contribution in [1.29, 1.82) is 0 Å². The van der Waals surface area contributed by atoms with E-state index in [0.29, 0.717) is 42.4 Å². The number of likely N-dealkylation sites (tertiary alicyclic amines) is 1. The second kappa shape index (κ2) is 11.8. The molecule has 0 bridgehead atoms. The molecular formula is C28H48N6O4Si. The highest BCUT2D eigenvalue weighted by Gasteiger charge is 2.32. The highest BCUT2D eigenvalue weighted by atomic mass is 28.3. The zero-order chi connectivity index (χ0) is 29.2. The molecule has 0 aromatic carbocycles. The highest BCUT2D eigenvalue weighted by Crippen LogP contribution is 2.25. The van der Waals surface area contributed by atoms with E-state index in [-0.39, 0.29) is 29.6 Å². The molecule has 39 heavy (non-hydrogen) atoms. The minimum atomic E-state index is -1.21. The van der Waals surface area contributed by atoms with Crippen molar-refractivity contribution in [1.82, 2.24) is 24.8 Å². The lowest BCUT2D eigenvalue weighted by Crippen LogP contribution is -2.49. The van der Waals surface area contributed by atoms with Crippen LogP contribution in [0, 0.1) is 0 Å². The maximum Gasteiger partial charge on any atom is 0.410 e. The topological polar surface area (TPSA) is 111 Å². The van der Waals surface area contributed by atoms with E-state index in [4.69, 9.17) is 14.5 Å². The lowest BCUT2D eigenvalue weighted by atomic mass is 9.99. The van der Waals surface area contributed by atoms with Crippen molar-refractivity contribution in [2.45, 2.75) is 117 Å². The normalized spacial score (nSPS) is 18.8. The fraction of sp³-hybridized carbons (Fsp3) is 0.714. The third-order valence-corrected chi connectivity index (χ3v) is 8.09. The summed E-state index contributed by atoms with van der Waals surface area (Å²) in [7, 11) is -1.21. The second-order valence-electron chi connectivity index (χ2n) is 13.9. The third-order valence-electron chi connectivity index (χ3n) is 6.38. The number of piperidine rings is 1. The number of hydrogen-bond donors (Lipinski definition) is 2. The minimum Gasteiger partial charge on any atom is -0.444 e. The summed E-state index contributed by atoms with van der Waals surface area (Å²) in [5, 5.41) is 6.52. The summed E-state index contributed by atoms with van der Waals surface area (Å²) in [4.78, 5) is 37.1. The van der Waals surface area contributed by atoms with Gasteiger partial charge in [-0.15, -0.1) is 0 Å². The Morgan fingerprint density at radius 2 is 1.85 bits per heavy atom. The van der Waals surface area contributed by atoms with Crippen molar-refractivity contribution < 1.29 is 19.1 Å². The van der Waals surface area contributed by atoms with Crippen LogP contribution < -0.4 is 10.6 Å². The summed E-state index contributed by atoms with van der Waals surface area (Å²) < 4.78 is 13.4. The van der Waals surface area contributed by atoms with Crippen LogP contribution in [0.2, 0.25) is 25.7 Å². The van der Waals surface area contributed by atoms with Crippen molar-refractivity contribution in [2.24, 2.45) is 0 Å². The van der Waals surface area contributed by atoms with Gasteiger partial charge in [-0.2, -0.15) is 0 Å². The number of hydrogen-bond acceptors (Lipinski definition) is 7. The largest absolute Gasteiger partial charge is 0.444 e. The van der Waals surface area contributed by atoms with Gasteiger partial charge in [0.25, 0.3) is 5.91 Å². The second-order valence-corrected chi connectivity index (χ2v) is 19.5. The van der Waals surface area contributed by atoms with E-state index in [1.54, 1.807) is 17.3 Å². The van der Waals surface area contributed by atoms with Crippen molar-refractivity contribution in [2.75, 3.05) is 18.5 Å². The maximum atomic E-state index is 13.2. The van der Waals surface area contributed by atoms with Gasteiger partial charge in [-0.25, -0.2) is 14.8 Å². The van der Waals surface area contributed by atoms with Gasteiger partial charge in [-0.3, -0.25) is 4.79 Å². The van der Waals surface area contributed by atoms with Crippen molar-refractivity contribution in [3.05, 3.63) is 18.0 Å². The van der Waals surface area contributed by atoms with Crippen LogP contribution in [0.1, 0.15) is 71.7 Å². The molecule has 2 atom stereocenters. The molecule has 1 aliphatic rings. The van der Waals surface area contributed by atoms with Crippen LogP contribution in [0.3, 0.4) is 0 Å². The number of aromatic nitrogens is 3. The lowest BCUT2D eigenvalue weighted by Gasteiger charge is -2.38. The first-order chi connectivity index (χ1) is 17.9. The number of rotatable bonds is 8. The van der Waals surface area contributed by atoms with Crippen LogP contribution >= 0.6 is 0 Å². The number of carbonyl (C=O) groups is 2. The SMILES string of the molecule is C[C@H]1C[C@@H](Nc2cnc3c(n2)c(C(=O)NC(C)(C)C)cn3COCC[Si](C)(C)C)CCN1C(=O)OC(C)(C)C. The Kier molecular flexibility index (Phi) is 9.37. The van der Waals surface area contributed by atoms with E-state index >= 15 is 0 Å². The van der Waals surface area contributed by atoms with Gasteiger partial charge in [0.05, 0.1) is 11.8 Å². The molecule has 218 valence electrons. The van der Waals surface area contributed by atoms with Gasteiger partial charge in [-0.05, 0) is 67.4 Å². The summed E-state index contributed by atoms with van der Waals surface area (Å²) in [5.74, 6) is 0.409. The van der Waals surface area contributed by atoms with Gasteiger partial charge in [-0.1, -0.05) is 19.6 Å². The smallest absolute Gasteiger partial charge is 0.410 e. The standard InChI is InChI=1S/C28H48N6O4Si/c1-19-15-20(11-12-34(19)26(36)38-28(5,6)7)30-22-16-29-24-23(31-22)21(25(35)32-27(2,3)4)17-33(24)18-37-13-14-39(8,9)10/h16-17,19-20H,11-15,18H2,1-10H3,(H,30,31)(H,32,35)/t19-,20-/m0/s1. The average molecular weight is 561 g/mol. The van der Waals surface area contributed by atoms with Gasteiger partial charge in [0.2, 0.25) is 0 Å². The summed E-state index contributed by atoms with van der Waals surface area (Å²) in [5.41, 5.74) is 0.707. The quantitative estimate of drug-likeness (QED) is 0.325.